The molecule has 0 fully saturated rings. The largest absolute Gasteiger partial charge is 0.487 e. The predicted molar refractivity (Wildman–Crippen MR) is 95.5 cm³/mol. The van der Waals surface area contributed by atoms with Crippen molar-refractivity contribution in [3.63, 3.8) is 0 Å². The van der Waals surface area contributed by atoms with Crippen molar-refractivity contribution < 1.29 is 23.8 Å². The first-order valence-electron chi connectivity index (χ1n) is 8.54. The van der Waals surface area contributed by atoms with Gasteiger partial charge in [0, 0.05) is 0 Å². The summed E-state index contributed by atoms with van der Waals surface area (Å²) in [5.74, 6) is 0.186. The first-order chi connectivity index (χ1) is 11.6. The minimum absolute atomic E-state index is 0.315. The summed E-state index contributed by atoms with van der Waals surface area (Å²) >= 11 is 0. The van der Waals surface area contributed by atoms with Crippen LogP contribution in [-0.2, 0) is 14.3 Å². The van der Waals surface area contributed by atoms with E-state index in [1.54, 1.807) is 27.7 Å². The van der Waals surface area contributed by atoms with E-state index in [2.05, 4.69) is 5.32 Å². The van der Waals surface area contributed by atoms with Crippen LogP contribution in [0.2, 0.25) is 0 Å². The number of nitrogens with one attached hydrogen (secondary N) is 1. The molecule has 1 aromatic rings. The fraction of sp³-hybridized carbons (Fsp3) is 0.579. The van der Waals surface area contributed by atoms with Gasteiger partial charge in [-0.25, -0.2) is 9.59 Å². The van der Waals surface area contributed by atoms with Crippen LogP contribution < -0.4 is 10.1 Å². The maximum absolute atomic E-state index is 12.2. The molecule has 3 atom stereocenters. The highest BCUT2D eigenvalue weighted by atomic mass is 16.6. The fourth-order valence-corrected chi connectivity index (χ4v) is 2.10. The second-order valence-electron chi connectivity index (χ2n) is 6.89. The maximum atomic E-state index is 12.2. The smallest absolute Gasteiger partial charge is 0.408 e. The summed E-state index contributed by atoms with van der Waals surface area (Å²) in [7, 11) is 0. The lowest BCUT2D eigenvalue weighted by atomic mass is 10.1. The molecule has 1 rings (SSSR count). The average Bonchev–Trinajstić information content (AvgIpc) is 2.51. The number of rotatable bonds is 7. The van der Waals surface area contributed by atoms with E-state index in [-0.39, 0.29) is 6.10 Å². The van der Waals surface area contributed by atoms with E-state index in [9.17, 15) is 9.59 Å². The van der Waals surface area contributed by atoms with Crippen LogP contribution in [0.5, 0.6) is 5.75 Å². The van der Waals surface area contributed by atoms with Gasteiger partial charge in [0.2, 0.25) is 0 Å². The molecule has 0 radical (unpaired) electrons. The van der Waals surface area contributed by atoms with Crippen molar-refractivity contribution in [1.29, 1.82) is 0 Å². The van der Waals surface area contributed by atoms with Crippen LogP contribution in [0.25, 0.3) is 0 Å². The Hall–Kier alpha value is -2.24. The molecule has 0 saturated carbocycles. The standard InChI is InChI=1S/C19H29NO5/c1-7-16(14(3)23-15-11-9-8-10-12-15)24-17(21)13(2)20-18(22)25-19(4,5)6/h8-14,16H,7H2,1-6H3,(H,20,22)/t13-,14+,16+/m0/s1. The number of hydrogen-bond acceptors (Lipinski definition) is 5. The van der Waals surface area contributed by atoms with E-state index in [0.29, 0.717) is 12.2 Å². The molecule has 0 spiro atoms. The normalized spacial score (nSPS) is 14.8. The fourth-order valence-electron chi connectivity index (χ4n) is 2.10. The molecule has 0 aliphatic heterocycles. The second kappa shape index (κ2) is 9.30. The number of ether oxygens (including phenoxy) is 3. The van der Waals surface area contributed by atoms with Gasteiger partial charge in [0.15, 0.2) is 0 Å². The quantitative estimate of drug-likeness (QED) is 0.759. The molecule has 0 saturated heterocycles. The van der Waals surface area contributed by atoms with Crippen molar-refractivity contribution in [2.75, 3.05) is 0 Å². The minimum Gasteiger partial charge on any atom is -0.487 e. The van der Waals surface area contributed by atoms with Crippen LogP contribution in [-0.4, -0.2) is 35.9 Å². The summed E-state index contributed by atoms with van der Waals surface area (Å²) in [6, 6.07) is 8.53. The average molecular weight is 351 g/mol. The molecule has 140 valence electrons. The number of alkyl carbamates (subject to hydrolysis) is 1. The summed E-state index contributed by atoms with van der Waals surface area (Å²) in [5, 5.41) is 2.48. The maximum Gasteiger partial charge on any atom is 0.408 e. The molecule has 6 heteroatoms. The predicted octanol–water partition coefficient (Wildman–Crippen LogP) is 3.69. The van der Waals surface area contributed by atoms with Crippen LogP contribution >= 0.6 is 0 Å². The monoisotopic (exact) mass is 351 g/mol. The third-order valence-electron chi connectivity index (χ3n) is 3.35. The Morgan fingerprint density at radius 3 is 2.24 bits per heavy atom. The van der Waals surface area contributed by atoms with Gasteiger partial charge >= 0.3 is 12.1 Å². The van der Waals surface area contributed by atoms with Crippen molar-refractivity contribution in [2.45, 2.75) is 71.8 Å². The van der Waals surface area contributed by atoms with Gasteiger partial charge < -0.3 is 19.5 Å². The van der Waals surface area contributed by atoms with E-state index in [1.807, 2.05) is 44.2 Å². The zero-order chi connectivity index (χ0) is 19.0. The molecule has 0 unspecified atom stereocenters. The van der Waals surface area contributed by atoms with E-state index in [4.69, 9.17) is 14.2 Å². The number of carbonyl (C=O) groups excluding carboxylic acids is 2. The zero-order valence-electron chi connectivity index (χ0n) is 15.9. The third-order valence-corrected chi connectivity index (χ3v) is 3.35. The van der Waals surface area contributed by atoms with Gasteiger partial charge in [-0.1, -0.05) is 25.1 Å². The number of hydrogen-bond donors (Lipinski definition) is 1. The summed E-state index contributed by atoms with van der Waals surface area (Å²) in [6.45, 7) is 10.6. The van der Waals surface area contributed by atoms with Gasteiger partial charge in [0.1, 0.15) is 29.6 Å². The van der Waals surface area contributed by atoms with Crippen LogP contribution in [0, 0.1) is 0 Å². The molecular weight excluding hydrogens is 322 g/mol. The van der Waals surface area contributed by atoms with Gasteiger partial charge in [-0.15, -0.1) is 0 Å². The van der Waals surface area contributed by atoms with Gasteiger partial charge in [-0.05, 0) is 53.2 Å². The molecular formula is C19H29NO5. The van der Waals surface area contributed by atoms with Crippen LogP contribution in [0.4, 0.5) is 4.79 Å². The minimum atomic E-state index is -0.812. The van der Waals surface area contributed by atoms with Crippen molar-refractivity contribution >= 4 is 12.1 Å². The number of esters is 1. The lowest BCUT2D eigenvalue weighted by molar-refractivity contribution is -0.155. The summed E-state index contributed by atoms with van der Waals surface area (Å²) in [6.07, 6.45) is -0.793. The molecule has 0 aliphatic rings. The molecule has 1 amide bonds. The number of benzene rings is 1. The molecule has 0 heterocycles. The highest BCUT2D eigenvalue weighted by Gasteiger charge is 2.26. The van der Waals surface area contributed by atoms with Gasteiger partial charge in [0.25, 0.3) is 0 Å². The lowest BCUT2D eigenvalue weighted by Crippen LogP contribution is -2.44. The van der Waals surface area contributed by atoms with Crippen LogP contribution in [0.3, 0.4) is 0 Å². The zero-order valence-corrected chi connectivity index (χ0v) is 15.9. The van der Waals surface area contributed by atoms with Crippen LogP contribution in [0.15, 0.2) is 30.3 Å². The van der Waals surface area contributed by atoms with E-state index in [1.165, 1.54) is 0 Å². The van der Waals surface area contributed by atoms with Gasteiger partial charge in [-0.2, -0.15) is 0 Å². The highest BCUT2D eigenvalue weighted by molar-refractivity contribution is 5.81. The first kappa shape index (κ1) is 20.8. The third kappa shape index (κ3) is 7.92. The molecule has 1 aromatic carbocycles. The van der Waals surface area contributed by atoms with Crippen LogP contribution in [0.1, 0.15) is 48.0 Å². The second-order valence-corrected chi connectivity index (χ2v) is 6.89. The number of para-hydroxylation sites is 1. The summed E-state index contributed by atoms with van der Waals surface area (Å²) in [4.78, 5) is 24.0. The first-order valence-corrected chi connectivity index (χ1v) is 8.54. The van der Waals surface area contributed by atoms with E-state index >= 15 is 0 Å². The summed E-state index contributed by atoms with van der Waals surface area (Å²) in [5.41, 5.74) is -0.627. The number of amides is 1. The van der Waals surface area contributed by atoms with Gasteiger partial charge in [-0.3, -0.25) is 0 Å². The topological polar surface area (TPSA) is 73.9 Å². The molecule has 0 aliphatic carbocycles. The Bertz CT molecular complexity index is 553. The molecule has 6 nitrogen and oxygen atoms in total. The Morgan fingerprint density at radius 1 is 1.12 bits per heavy atom. The van der Waals surface area contributed by atoms with E-state index in [0.717, 1.165) is 0 Å². The Balaban J connectivity index is 2.55. The van der Waals surface area contributed by atoms with E-state index < -0.39 is 29.8 Å². The van der Waals surface area contributed by atoms with Crippen molar-refractivity contribution in [1.82, 2.24) is 5.32 Å². The van der Waals surface area contributed by atoms with Crippen molar-refractivity contribution in [3.05, 3.63) is 30.3 Å². The van der Waals surface area contributed by atoms with Gasteiger partial charge in [0.05, 0.1) is 0 Å². The molecule has 0 aromatic heterocycles. The Labute approximate surface area is 149 Å². The Morgan fingerprint density at radius 2 is 1.72 bits per heavy atom. The SMILES string of the molecule is CC[C@@H](OC(=O)[C@H](C)NC(=O)OC(C)(C)C)[C@@H](C)Oc1ccccc1. The van der Waals surface area contributed by atoms with Crippen molar-refractivity contribution in [2.24, 2.45) is 0 Å². The Kier molecular flexibility index (Phi) is 7.74. The summed E-state index contributed by atoms with van der Waals surface area (Å²) < 4.78 is 16.4. The molecule has 1 N–H and O–H groups in total. The molecule has 0 bridgehead atoms. The highest BCUT2D eigenvalue weighted by Crippen LogP contribution is 2.16. The lowest BCUT2D eigenvalue weighted by Gasteiger charge is -2.26. The molecule has 25 heavy (non-hydrogen) atoms. The van der Waals surface area contributed by atoms with Crippen molar-refractivity contribution in [3.8, 4) is 5.75 Å². The number of carbonyl (C=O) groups is 2.